The first-order valence-corrected chi connectivity index (χ1v) is 9.66. The molecule has 1 aromatic rings. The minimum atomic E-state index is -4.74. The van der Waals surface area contributed by atoms with Crippen LogP contribution in [0.3, 0.4) is 0 Å². The van der Waals surface area contributed by atoms with Gasteiger partial charge in [-0.05, 0) is 38.0 Å². The number of alkyl halides is 3. The molecule has 0 bridgehead atoms. The summed E-state index contributed by atoms with van der Waals surface area (Å²) in [6.07, 6.45) is -1.11. The molecule has 0 radical (unpaired) electrons. The zero-order valence-corrected chi connectivity index (χ0v) is 16.5. The summed E-state index contributed by atoms with van der Waals surface area (Å²) in [5.74, 6) is -1.27. The van der Waals surface area contributed by atoms with Gasteiger partial charge in [-0.15, -0.1) is 0 Å². The van der Waals surface area contributed by atoms with Crippen molar-refractivity contribution >= 4 is 16.9 Å². The number of allylic oxidation sites excluding steroid dienone is 4. The van der Waals surface area contributed by atoms with Crippen molar-refractivity contribution in [3.63, 3.8) is 0 Å². The highest BCUT2D eigenvalue weighted by molar-refractivity contribution is 8.17. The monoisotopic (exact) mass is 412 g/mol. The quantitative estimate of drug-likeness (QED) is 0.655. The molecule has 150 valence electrons. The summed E-state index contributed by atoms with van der Waals surface area (Å²) in [5.41, 5.74) is 0.637. The Morgan fingerprint density at radius 2 is 2.04 bits per heavy atom. The summed E-state index contributed by atoms with van der Waals surface area (Å²) in [5, 5.41) is 10.7. The van der Waals surface area contributed by atoms with Gasteiger partial charge in [0.15, 0.2) is 5.17 Å². The van der Waals surface area contributed by atoms with Crippen LogP contribution in [-0.4, -0.2) is 21.3 Å². The molecular weight excluding hydrogens is 392 g/mol. The number of thioether (sulfide) groups is 1. The summed E-state index contributed by atoms with van der Waals surface area (Å²) >= 11 is 1.38. The Bertz CT molecular complexity index is 913. The minimum absolute atomic E-state index is 0.0573. The minimum Gasteiger partial charge on any atom is -0.387 e. The molecule has 2 aliphatic heterocycles. The van der Waals surface area contributed by atoms with Crippen molar-refractivity contribution in [3.8, 4) is 0 Å². The van der Waals surface area contributed by atoms with Crippen molar-refractivity contribution in [1.82, 2.24) is 4.90 Å². The van der Waals surface area contributed by atoms with Crippen molar-refractivity contribution < 1.29 is 22.7 Å². The number of amidine groups is 1. The van der Waals surface area contributed by atoms with E-state index in [9.17, 15) is 22.7 Å². The molecule has 0 fully saturated rings. The van der Waals surface area contributed by atoms with Gasteiger partial charge in [0.2, 0.25) is 0 Å². The first kappa shape index (κ1) is 20.7. The van der Waals surface area contributed by atoms with Gasteiger partial charge in [-0.3, -0.25) is 4.90 Å². The van der Waals surface area contributed by atoms with E-state index >= 15 is 0 Å². The molecule has 0 spiro atoms. The number of fused-ring (bicyclic) bond motifs is 1. The zero-order valence-electron chi connectivity index (χ0n) is 15.6. The smallest absolute Gasteiger partial charge is 0.387 e. The second-order valence-electron chi connectivity index (χ2n) is 6.58. The normalized spacial score (nSPS) is 19.7. The molecule has 1 unspecified atom stereocenters. The fourth-order valence-corrected chi connectivity index (χ4v) is 4.37. The number of hydrogen-bond donors (Lipinski definition) is 1. The molecule has 0 saturated carbocycles. The third-order valence-corrected chi connectivity index (χ3v) is 5.39. The van der Waals surface area contributed by atoms with Crippen molar-refractivity contribution in [2.75, 3.05) is 0 Å². The summed E-state index contributed by atoms with van der Waals surface area (Å²) in [6, 6.07) is 3.28. The molecule has 2 heterocycles. The number of nitrogens with zero attached hydrogens (tertiary/aromatic N) is 2. The molecule has 0 aromatic heterocycles. The van der Waals surface area contributed by atoms with Crippen LogP contribution >= 0.6 is 11.8 Å². The molecule has 3 nitrogen and oxygen atoms in total. The highest BCUT2D eigenvalue weighted by Gasteiger charge is 2.36. The number of hydrogen-bond acceptors (Lipinski definition) is 4. The van der Waals surface area contributed by atoms with E-state index in [0.29, 0.717) is 10.9 Å². The lowest BCUT2D eigenvalue weighted by molar-refractivity contribution is -0.140. The average Bonchev–Trinajstić information content (AvgIpc) is 2.92. The second kappa shape index (κ2) is 7.75. The lowest BCUT2D eigenvalue weighted by atomic mass is 10.0. The Labute approximate surface area is 165 Å². The van der Waals surface area contributed by atoms with Gasteiger partial charge in [0, 0.05) is 22.7 Å². The zero-order chi connectivity index (χ0) is 20.6. The molecule has 2 aliphatic rings. The Morgan fingerprint density at radius 1 is 1.32 bits per heavy atom. The molecular formula is C20H20F4N2OS. The van der Waals surface area contributed by atoms with Crippen LogP contribution in [0.2, 0.25) is 0 Å². The third kappa shape index (κ3) is 3.89. The van der Waals surface area contributed by atoms with Gasteiger partial charge in [0.1, 0.15) is 5.82 Å². The van der Waals surface area contributed by atoms with Gasteiger partial charge in [0.05, 0.1) is 17.4 Å². The van der Waals surface area contributed by atoms with Gasteiger partial charge >= 0.3 is 6.18 Å². The first-order chi connectivity index (χ1) is 13.1. The summed E-state index contributed by atoms with van der Waals surface area (Å²) in [7, 11) is 0. The van der Waals surface area contributed by atoms with E-state index in [1.54, 1.807) is 13.0 Å². The summed E-state index contributed by atoms with van der Waals surface area (Å²) in [4.78, 5) is 7.26. The summed E-state index contributed by atoms with van der Waals surface area (Å²) in [6.45, 7) is 5.51. The number of aliphatic hydroxyl groups is 1. The van der Waals surface area contributed by atoms with Crippen LogP contribution in [0.1, 0.15) is 38.3 Å². The van der Waals surface area contributed by atoms with Crippen LogP contribution in [0.5, 0.6) is 0 Å². The maximum Gasteiger partial charge on any atom is 0.419 e. The highest BCUT2D eigenvalue weighted by Crippen LogP contribution is 2.42. The maximum absolute atomic E-state index is 14.4. The van der Waals surface area contributed by atoms with E-state index in [-0.39, 0.29) is 12.0 Å². The molecule has 28 heavy (non-hydrogen) atoms. The van der Waals surface area contributed by atoms with Crippen LogP contribution in [0.15, 0.2) is 57.3 Å². The van der Waals surface area contributed by atoms with Crippen molar-refractivity contribution in [2.45, 2.75) is 45.9 Å². The standard InChI is InChI=1S/C20H20F4N2OS/c1-4-6-15-10-14(25-19-26(15)18(11(2)27)12(3)28-19)9-13-7-5-8-16(17(13)21)20(22,23)24/h5-8,10-11,27H,4,9H2,1-3H3/b15-6-. The lowest BCUT2D eigenvalue weighted by Gasteiger charge is -2.28. The van der Waals surface area contributed by atoms with Crippen LogP contribution in [0.25, 0.3) is 0 Å². The number of aliphatic hydroxyl groups excluding tert-OH is 1. The molecule has 8 heteroatoms. The first-order valence-electron chi connectivity index (χ1n) is 8.84. The molecule has 1 atom stereocenters. The second-order valence-corrected chi connectivity index (χ2v) is 7.76. The fourth-order valence-electron chi connectivity index (χ4n) is 3.27. The van der Waals surface area contributed by atoms with E-state index in [1.165, 1.54) is 23.9 Å². The van der Waals surface area contributed by atoms with E-state index in [0.717, 1.165) is 28.8 Å². The van der Waals surface area contributed by atoms with Crippen LogP contribution < -0.4 is 0 Å². The fraction of sp³-hybridized carbons (Fsp3) is 0.350. The lowest BCUT2D eigenvalue weighted by Crippen LogP contribution is -2.30. The predicted molar refractivity (Wildman–Crippen MR) is 103 cm³/mol. The molecule has 0 aliphatic carbocycles. The molecule has 1 N–H and O–H groups in total. The van der Waals surface area contributed by atoms with E-state index in [4.69, 9.17) is 0 Å². The van der Waals surface area contributed by atoms with E-state index < -0.39 is 23.7 Å². The van der Waals surface area contributed by atoms with Gasteiger partial charge in [-0.2, -0.15) is 13.2 Å². The van der Waals surface area contributed by atoms with E-state index in [2.05, 4.69) is 4.99 Å². The van der Waals surface area contributed by atoms with Crippen LogP contribution in [-0.2, 0) is 12.6 Å². The SMILES string of the molecule is CC/C=C1/C=C(Cc2cccc(C(F)(F)F)c2F)N=C2SC(C)=C(C(C)O)N21. The molecule has 0 saturated heterocycles. The van der Waals surface area contributed by atoms with Gasteiger partial charge in [-0.25, -0.2) is 9.38 Å². The molecule has 0 amide bonds. The van der Waals surface area contributed by atoms with Gasteiger partial charge in [-0.1, -0.05) is 36.9 Å². The van der Waals surface area contributed by atoms with Crippen molar-refractivity contribution in [1.29, 1.82) is 0 Å². The predicted octanol–water partition coefficient (Wildman–Crippen LogP) is 5.60. The molecule has 3 rings (SSSR count). The van der Waals surface area contributed by atoms with Gasteiger partial charge < -0.3 is 5.11 Å². The van der Waals surface area contributed by atoms with Crippen molar-refractivity contribution in [2.24, 2.45) is 4.99 Å². The third-order valence-electron chi connectivity index (χ3n) is 4.41. The maximum atomic E-state index is 14.4. The number of halogens is 4. The topological polar surface area (TPSA) is 35.8 Å². The Kier molecular flexibility index (Phi) is 5.72. The number of benzene rings is 1. The van der Waals surface area contributed by atoms with Gasteiger partial charge in [0.25, 0.3) is 0 Å². The molecule has 1 aromatic carbocycles. The Morgan fingerprint density at radius 3 is 2.64 bits per heavy atom. The average molecular weight is 412 g/mol. The van der Waals surface area contributed by atoms with E-state index in [1.807, 2.05) is 24.8 Å². The Hall–Kier alpha value is -2.06. The highest BCUT2D eigenvalue weighted by atomic mass is 32.2. The largest absolute Gasteiger partial charge is 0.419 e. The number of rotatable bonds is 4. The van der Waals surface area contributed by atoms with Crippen LogP contribution in [0, 0.1) is 5.82 Å². The number of aliphatic imine (C=N–C) groups is 1. The van der Waals surface area contributed by atoms with Crippen molar-refractivity contribution in [3.05, 3.63) is 69.3 Å². The Balaban J connectivity index is 1.97. The van der Waals surface area contributed by atoms with Crippen LogP contribution in [0.4, 0.5) is 17.6 Å². The summed E-state index contributed by atoms with van der Waals surface area (Å²) < 4.78 is 53.3.